The number of rotatable bonds is 10. The summed E-state index contributed by atoms with van der Waals surface area (Å²) in [7, 11) is 0. The van der Waals surface area contributed by atoms with Crippen LogP contribution in [0.5, 0.6) is 0 Å². The summed E-state index contributed by atoms with van der Waals surface area (Å²) in [5.74, 6) is -0.380. The van der Waals surface area contributed by atoms with E-state index in [9.17, 15) is 19.2 Å². The Morgan fingerprint density at radius 2 is 0.579 bits per heavy atom. The van der Waals surface area contributed by atoms with Crippen LogP contribution in [0.15, 0.2) is 84.9 Å². The van der Waals surface area contributed by atoms with Crippen LogP contribution in [0.2, 0.25) is 0 Å². The third kappa shape index (κ3) is 10.6. The number of pyridine rings is 4. The lowest BCUT2D eigenvalue weighted by Crippen LogP contribution is -2.18. The number of benzene rings is 2. The number of hydrogen-bond acceptors (Lipinski definition) is 8. The second-order valence-electron chi connectivity index (χ2n) is 14.5. The third-order valence-corrected chi connectivity index (χ3v) is 8.80. The molecule has 0 aliphatic rings. The van der Waals surface area contributed by atoms with Gasteiger partial charge in [0.15, 0.2) is 0 Å². The number of amides is 4. The van der Waals surface area contributed by atoms with Gasteiger partial charge in [-0.25, -0.2) is 19.9 Å². The molecule has 4 amide bonds. The quantitative estimate of drug-likeness (QED) is 0.108. The molecule has 4 N–H and O–H groups in total. The number of carbonyl (C=O) groups is 4. The number of aromatic nitrogens is 4. The lowest BCUT2D eigenvalue weighted by molar-refractivity contribution is 0.101. The molecule has 4 heterocycles. The van der Waals surface area contributed by atoms with Gasteiger partial charge in [-0.3, -0.25) is 19.2 Å². The van der Waals surface area contributed by atoms with Crippen LogP contribution in [0, 0.1) is 55.4 Å². The molecule has 12 heteroatoms. The van der Waals surface area contributed by atoms with E-state index in [2.05, 4.69) is 41.2 Å². The first-order valence-corrected chi connectivity index (χ1v) is 18.4. The van der Waals surface area contributed by atoms with E-state index in [-0.39, 0.29) is 28.7 Å². The van der Waals surface area contributed by atoms with Gasteiger partial charge in [0.05, 0.1) is 0 Å². The molecule has 6 aromatic rings. The maximum atomic E-state index is 13.8. The van der Waals surface area contributed by atoms with Gasteiger partial charge in [-0.05, 0) is 180 Å². The van der Waals surface area contributed by atoms with Gasteiger partial charge in [0.1, 0.15) is 23.3 Å². The molecule has 57 heavy (non-hydrogen) atoms. The molecule has 0 saturated carbocycles. The Morgan fingerprint density at radius 1 is 0.351 bits per heavy atom. The zero-order chi connectivity index (χ0) is 41.0. The first kappa shape index (κ1) is 39.6. The van der Waals surface area contributed by atoms with E-state index in [0.29, 0.717) is 34.4 Å². The molecule has 0 bridgehead atoms. The molecule has 0 aliphatic carbocycles. The van der Waals surface area contributed by atoms with Crippen LogP contribution in [0.25, 0.3) is 0 Å². The van der Waals surface area contributed by atoms with Gasteiger partial charge in [0, 0.05) is 45.0 Å². The zero-order valence-electron chi connectivity index (χ0n) is 33.2. The van der Waals surface area contributed by atoms with Crippen molar-refractivity contribution < 1.29 is 19.2 Å². The number of nitrogens with one attached hydrogen (secondary N) is 4. The predicted octanol–water partition coefficient (Wildman–Crippen LogP) is 8.33. The van der Waals surface area contributed by atoms with Gasteiger partial charge < -0.3 is 21.3 Å². The summed E-state index contributed by atoms with van der Waals surface area (Å²) in [4.78, 5) is 72.9. The van der Waals surface area contributed by atoms with Crippen LogP contribution in [0.3, 0.4) is 0 Å². The van der Waals surface area contributed by atoms with E-state index < -0.39 is 23.6 Å². The lowest BCUT2D eigenvalue weighted by Gasteiger charge is -2.14. The molecular weight excluding hydrogens is 717 g/mol. The number of nitrogens with zero attached hydrogens (tertiary/aromatic N) is 4. The SMILES string of the molecule is Cc1cc(C)nc(NC(=O)c2cc(Cc3cc(C(=O)Nc4cc(C)cc(C)n4)cc(C(=O)Nc4cc(C)cc(C)n4)c3)cc(C(=O)Nc3cc(C)cc(C)n3)c2)c1. The summed E-state index contributed by atoms with van der Waals surface area (Å²) < 4.78 is 0. The van der Waals surface area contributed by atoms with E-state index in [1.54, 1.807) is 48.5 Å². The van der Waals surface area contributed by atoms with Crippen LogP contribution in [0.1, 0.15) is 97.6 Å². The molecule has 2 aromatic carbocycles. The molecular formula is C45H44N8O4. The van der Waals surface area contributed by atoms with E-state index in [0.717, 1.165) is 45.0 Å². The first-order chi connectivity index (χ1) is 27.0. The summed E-state index contributed by atoms with van der Waals surface area (Å²) >= 11 is 0. The van der Waals surface area contributed by atoms with Crippen molar-refractivity contribution in [2.45, 2.75) is 61.8 Å². The van der Waals surface area contributed by atoms with Crippen LogP contribution in [-0.4, -0.2) is 43.6 Å². The molecule has 6 rings (SSSR count). The summed E-state index contributed by atoms with van der Waals surface area (Å²) in [6, 6.07) is 24.4. The van der Waals surface area contributed by atoms with E-state index >= 15 is 0 Å². The van der Waals surface area contributed by atoms with Gasteiger partial charge in [-0.2, -0.15) is 0 Å². The van der Waals surface area contributed by atoms with Crippen molar-refractivity contribution in [3.8, 4) is 0 Å². The normalized spacial score (nSPS) is 10.8. The van der Waals surface area contributed by atoms with Gasteiger partial charge in [-0.1, -0.05) is 0 Å². The average molecular weight is 761 g/mol. The summed E-state index contributed by atoms with van der Waals surface area (Å²) in [6.07, 6.45) is 0.149. The van der Waals surface area contributed by atoms with Crippen molar-refractivity contribution in [1.29, 1.82) is 0 Å². The fraction of sp³-hybridized carbons (Fsp3) is 0.200. The van der Waals surface area contributed by atoms with E-state index in [4.69, 9.17) is 0 Å². The van der Waals surface area contributed by atoms with Crippen LogP contribution < -0.4 is 21.3 Å². The summed E-state index contributed by atoms with van der Waals surface area (Å²) in [5, 5.41) is 11.4. The highest BCUT2D eigenvalue weighted by atomic mass is 16.2. The van der Waals surface area contributed by atoms with Gasteiger partial charge in [-0.15, -0.1) is 0 Å². The molecule has 0 unspecified atom stereocenters. The van der Waals surface area contributed by atoms with Crippen molar-refractivity contribution >= 4 is 46.9 Å². The van der Waals surface area contributed by atoms with E-state index in [1.165, 1.54) is 12.1 Å². The number of aryl methyl sites for hydroxylation is 8. The Labute approximate surface area is 331 Å². The highest BCUT2D eigenvalue weighted by molar-refractivity contribution is 6.10. The minimum atomic E-state index is -0.469. The fourth-order valence-electron chi connectivity index (χ4n) is 6.72. The minimum absolute atomic E-state index is 0.149. The van der Waals surface area contributed by atoms with Gasteiger partial charge >= 0.3 is 0 Å². The Bertz CT molecular complexity index is 2160. The molecule has 288 valence electrons. The molecule has 12 nitrogen and oxygen atoms in total. The van der Waals surface area contributed by atoms with Crippen molar-refractivity contribution in [2.24, 2.45) is 0 Å². The van der Waals surface area contributed by atoms with Crippen LogP contribution >= 0.6 is 0 Å². The first-order valence-electron chi connectivity index (χ1n) is 18.4. The molecule has 0 saturated heterocycles. The van der Waals surface area contributed by atoms with Crippen LogP contribution in [0.4, 0.5) is 23.3 Å². The van der Waals surface area contributed by atoms with Crippen LogP contribution in [-0.2, 0) is 6.42 Å². The maximum absolute atomic E-state index is 13.8. The number of anilines is 4. The second-order valence-corrected chi connectivity index (χ2v) is 14.5. The smallest absolute Gasteiger partial charge is 0.256 e. The topological polar surface area (TPSA) is 168 Å². The minimum Gasteiger partial charge on any atom is -0.307 e. The largest absolute Gasteiger partial charge is 0.307 e. The summed E-state index contributed by atoms with van der Waals surface area (Å²) in [5.41, 5.74) is 8.66. The number of carbonyl (C=O) groups excluding carboxylic acids is 4. The monoisotopic (exact) mass is 760 g/mol. The molecule has 0 spiro atoms. The lowest BCUT2D eigenvalue weighted by atomic mass is 9.96. The second kappa shape index (κ2) is 16.7. The Kier molecular flexibility index (Phi) is 11.6. The molecule has 0 atom stereocenters. The zero-order valence-corrected chi connectivity index (χ0v) is 33.2. The molecule has 4 aromatic heterocycles. The summed E-state index contributed by atoms with van der Waals surface area (Å²) in [6.45, 7) is 15.0. The molecule has 0 aliphatic heterocycles. The Morgan fingerprint density at radius 3 is 0.789 bits per heavy atom. The maximum Gasteiger partial charge on any atom is 0.256 e. The van der Waals surface area contributed by atoms with Crippen molar-refractivity contribution in [3.05, 3.63) is 163 Å². The molecule has 0 radical (unpaired) electrons. The van der Waals surface area contributed by atoms with Gasteiger partial charge in [0.2, 0.25) is 0 Å². The average Bonchev–Trinajstić information content (AvgIpc) is 3.09. The Hall–Kier alpha value is -7.08. The molecule has 0 fully saturated rings. The predicted molar refractivity (Wildman–Crippen MR) is 222 cm³/mol. The van der Waals surface area contributed by atoms with Crippen molar-refractivity contribution in [3.63, 3.8) is 0 Å². The fourth-order valence-corrected chi connectivity index (χ4v) is 6.72. The highest BCUT2D eigenvalue weighted by Gasteiger charge is 2.19. The van der Waals surface area contributed by atoms with E-state index in [1.807, 2.05) is 79.7 Å². The highest BCUT2D eigenvalue weighted by Crippen LogP contribution is 2.22. The number of hydrogen-bond donors (Lipinski definition) is 4. The van der Waals surface area contributed by atoms with Gasteiger partial charge in [0.25, 0.3) is 23.6 Å². The van der Waals surface area contributed by atoms with Crippen molar-refractivity contribution in [2.75, 3.05) is 21.3 Å². The third-order valence-electron chi connectivity index (χ3n) is 8.80. The standard InChI is InChI=1S/C45H44N8O4/c1-24-9-28(5)46-38(13-24)50-42(54)34-18-32(19-35(22-34)43(55)51-39-14-25(2)10-29(6)47-39)17-33-20-36(44(56)52-40-15-26(3)11-30(7)48-40)23-37(21-33)45(57)53-41-16-27(4)12-31(8)49-41/h9-16,18-23H,17H2,1-8H3,(H,46,50,54)(H,47,51,55)(H,48,52,56)(H,49,53,57). The van der Waals surface area contributed by atoms with Crippen molar-refractivity contribution in [1.82, 2.24) is 19.9 Å². The Balaban J connectivity index is 1.39.